The van der Waals surface area contributed by atoms with Crippen LogP contribution in [0.5, 0.6) is 0 Å². The molecule has 66 valence electrons. The molecule has 0 saturated carbocycles. The molecular formula is C7H14F2N2. The summed E-state index contributed by atoms with van der Waals surface area (Å²) < 4.78 is 25.1. The number of alkyl halides is 2. The lowest BCUT2D eigenvalue weighted by molar-refractivity contribution is 0.0209. The number of hydrogen-bond donors (Lipinski definition) is 2. The van der Waals surface area contributed by atoms with Crippen LogP contribution < -0.4 is 10.6 Å². The highest BCUT2D eigenvalue weighted by Gasteiger charge is 2.38. The van der Waals surface area contributed by atoms with E-state index in [2.05, 4.69) is 10.6 Å². The summed E-state index contributed by atoms with van der Waals surface area (Å²) in [6, 6.07) is -0.00236. The second kappa shape index (κ2) is 3.45. The van der Waals surface area contributed by atoms with E-state index in [9.17, 15) is 8.78 Å². The normalized spacial score (nSPS) is 29.2. The molecule has 1 unspecified atom stereocenters. The number of rotatable bonds is 3. The third-order valence-electron chi connectivity index (χ3n) is 1.94. The minimum Gasteiger partial charge on any atom is -0.320 e. The molecule has 0 bridgehead atoms. The van der Waals surface area contributed by atoms with Crippen LogP contribution in [-0.4, -0.2) is 32.1 Å². The van der Waals surface area contributed by atoms with Gasteiger partial charge in [-0.25, -0.2) is 8.78 Å². The van der Waals surface area contributed by atoms with Crippen molar-refractivity contribution in [2.24, 2.45) is 0 Å². The highest BCUT2D eigenvalue weighted by atomic mass is 19.3. The molecule has 0 spiro atoms. The van der Waals surface area contributed by atoms with Crippen molar-refractivity contribution in [3.63, 3.8) is 0 Å². The molecule has 0 aromatic carbocycles. The molecular weight excluding hydrogens is 150 g/mol. The second-order valence-electron chi connectivity index (χ2n) is 3.03. The van der Waals surface area contributed by atoms with Crippen LogP contribution in [0, 0.1) is 0 Å². The van der Waals surface area contributed by atoms with E-state index in [0.29, 0.717) is 0 Å². The number of hydrogen-bond acceptors (Lipinski definition) is 2. The van der Waals surface area contributed by atoms with Gasteiger partial charge in [0.2, 0.25) is 0 Å². The van der Waals surface area contributed by atoms with Crippen LogP contribution in [0.25, 0.3) is 0 Å². The van der Waals surface area contributed by atoms with Gasteiger partial charge in [0.05, 0.1) is 6.54 Å². The third-order valence-corrected chi connectivity index (χ3v) is 1.94. The van der Waals surface area contributed by atoms with Crippen molar-refractivity contribution in [3.05, 3.63) is 0 Å². The Morgan fingerprint density at radius 1 is 1.64 bits per heavy atom. The van der Waals surface area contributed by atoms with Crippen molar-refractivity contribution in [3.8, 4) is 0 Å². The van der Waals surface area contributed by atoms with Gasteiger partial charge < -0.3 is 10.6 Å². The molecule has 1 aliphatic heterocycles. The zero-order chi connectivity index (χ0) is 8.32. The molecule has 0 aromatic rings. The molecule has 1 rings (SSSR count). The van der Waals surface area contributed by atoms with Crippen molar-refractivity contribution in [2.75, 3.05) is 20.1 Å². The lowest BCUT2D eigenvalue weighted by atomic mass is 10.1. The van der Waals surface area contributed by atoms with Gasteiger partial charge >= 0.3 is 0 Å². The summed E-state index contributed by atoms with van der Waals surface area (Å²) in [5.41, 5.74) is 0. The lowest BCUT2D eigenvalue weighted by Gasteiger charge is -2.08. The molecule has 2 nitrogen and oxygen atoms in total. The highest BCUT2D eigenvalue weighted by molar-refractivity contribution is 4.87. The molecule has 11 heavy (non-hydrogen) atoms. The fourth-order valence-electron chi connectivity index (χ4n) is 1.32. The van der Waals surface area contributed by atoms with Crippen molar-refractivity contribution < 1.29 is 8.78 Å². The number of nitrogens with one attached hydrogen (secondary N) is 2. The van der Waals surface area contributed by atoms with Crippen LogP contribution >= 0.6 is 0 Å². The molecule has 0 radical (unpaired) electrons. The predicted octanol–water partition coefficient (Wildman–Crippen LogP) is 0.593. The molecule has 1 heterocycles. The molecule has 4 heteroatoms. The molecule has 2 N–H and O–H groups in total. The van der Waals surface area contributed by atoms with Crippen LogP contribution in [0.4, 0.5) is 8.78 Å². The summed E-state index contributed by atoms with van der Waals surface area (Å²) in [7, 11) is 1.83. The molecule has 1 fully saturated rings. The Morgan fingerprint density at radius 3 is 2.82 bits per heavy atom. The monoisotopic (exact) mass is 164 g/mol. The van der Waals surface area contributed by atoms with Crippen molar-refractivity contribution in [2.45, 2.75) is 24.8 Å². The van der Waals surface area contributed by atoms with Gasteiger partial charge in [-0.1, -0.05) is 0 Å². The van der Waals surface area contributed by atoms with Gasteiger partial charge in [0.1, 0.15) is 0 Å². The Labute approximate surface area is 65.4 Å². The quantitative estimate of drug-likeness (QED) is 0.638. The van der Waals surface area contributed by atoms with Crippen molar-refractivity contribution in [1.29, 1.82) is 0 Å². The Kier molecular flexibility index (Phi) is 2.78. The number of halogens is 2. The average Bonchev–Trinajstić information content (AvgIpc) is 2.26. The Hall–Kier alpha value is -0.220. The summed E-state index contributed by atoms with van der Waals surface area (Å²) in [5, 5.41) is 5.73. The predicted molar refractivity (Wildman–Crippen MR) is 39.9 cm³/mol. The summed E-state index contributed by atoms with van der Waals surface area (Å²) in [5.74, 6) is -2.47. The Bertz CT molecular complexity index is 128. The van der Waals surface area contributed by atoms with E-state index in [4.69, 9.17) is 0 Å². The van der Waals surface area contributed by atoms with Crippen LogP contribution in [0.15, 0.2) is 0 Å². The van der Waals surface area contributed by atoms with E-state index < -0.39 is 5.92 Å². The van der Waals surface area contributed by atoms with E-state index in [1.54, 1.807) is 0 Å². The maximum absolute atomic E-state index is 12.5. The first-order valence-electron chi connectivity index (χ1n) is 3.90. The van der Waals surface area contributed by atoms with Gasteiger partial charge in [-0.2, -0.15) is 0 Å². The lowest BCUT2D eigenvalue weighted by Crippen LogP contribution is -2.25. The van der Waals surface area contributed by atoms with Gasteiger partial charge in [-0.3, -0.25) is 0 Å². The largest absolute Gasteiger partial charge is 0.320 e. The van der Waals surface area contributed by atoms with Crippen LogP contribution in [0.3, 0.4) is 0 Å². The summed E-state index contributed by atoms with van der Waals surface area (Å²) in [6.07, 6.45) is 0.779. The van der Waals surface area contributed by atoms with Crippen LogP contribution in [0.2, 0.25) is 0 Å². The van der Waals surface area contributed by atoms with Gasteiger partial charge in [0.15, 0.2) is 0 Å². The smallest absolute Gasteiger partial charge is 0.261 e. The maximum Gasteiger partial charge on any atom is 0.261 e. The van der Waals surface area contributed by atoms with E-state index in [-0.39, 0.29) is 19.0 Å². The molecule has 0 amide bonds. The van der Waals surface area contributed by atoms with E-state index >= 15 is 0 Å². The first-order chi connectivity index (χ1) is 5.14. The highest BCUT2D eigenvalue weighted by Crippen LogP contribution is 2.25. The van der Waals surface area contributed by atoms with Crippen LogP contribution in [-0.2, 0) is 0 Å². The minimum atomic E-state index is -2.47. The third kappa shape index (κ3) is 2.71. The van der Waals surface area contributed by atoms with E-state index in [0.717, 1.165) is 13.0 Å². The SMILES string of the molecule is CNCCC1CC(F)(F)CN1. The Balaban J connectivity index is 2.20. The molecule has 0 aliphatic carbocycles. The zero-order valence-corrected chi connectivity index (χ0v) is 6.66. The fourth-order valence-corrected chi connectivity index (χ4v) is 1.32. The Morgan fingerprint density at radius 2 is 2.36 bits per heavy atom. The van der Waals surface area contributed by atoms with Crippen molar-refractivity contribution >= 4 is 0 Å². The van der Waals surface area contributed by atoms with Crippen LogP contribution in [0.1, 0.15) is 12.8 Å². The summed E-state index contributed by atoms with van der Waals surface area (Å²) >= 11 is 0. The first-order valence-corrected chi connectivity index (χ1v) is 3.90. The average molecular weight is 164 g/mol. The van der Waals surface area contributed by atoms with Gasteiger partial charge in [0.25, 0.3) is 5.92 Å². The second-order valence-corrected chi connectivity index (χ2v) is 3.03. The molecule has 1 aliphatic rings. The van der Waals surface area contributed by atoms with Crippen molar-refractivity contribution in [1.82, 2.24) is 10.6 Å². The topological polar surface area (TPSA) is 24.1 Å². The van der Waals surface area contributed by atoms with E-state index in [1.165, 1.54) is 0 Å². The standard InChI is InChI=1S/C7H14F2N2/c1-10-3-2-6-4-7(8,9)5-11-6/h6,10-11H,2-5H2,1H3. The van der Waals surface area contributed by atoms with Gasteiger partial charge in [-0.15, -0.1) is 0 Å². The molecule has 0 aromatic heterocycles. The minimum absolute atomic E-state index is 0.00236. The molecule has 1 saturated heterocycles. The summed E-state index contributed by atoms with van der Waals surface area (Å²) in [4.78, 5) is 0. The molecule has 1 atom stereocenters. The van der Waals surface area contributed by atoms with Gasteiger partial charge in [0, 0.05) is 12.5 Å². The first kappa shape index (κ1) is 8.87. The zero-order valence-electron chi connectivity index (χ0n) is 6.66. The fraction of sp³-hybridized carbons (Fsp3) is 1.00. The van der Waals surface area contributed by atoms with Gasteiger partial charge in [-0.05, 0) is 20.0 Å². The summed E-state index contributed by atoms with van der Waals surface area (Å²) in [6.45, 7) is 0.648. The maximum atomic E-state index is 12.5. The van der Waals surface area contributed by atoms with E-state index in [1.807, 2.05) is 7.05 Å².